The van der Waals surface area contributed by atoms with Gasteiger partial charge in [0.1, 0.15) is 12.0 Å². The number of nitrogens with zero attached hydrogens (tertiary/aromatic N) is 8. The summed E-state index contributed by atoms with van der Waals surface area (Å²) in [5.41, 5.74) is -0.140. The van der Waals surface area contributed by atoms with E-state index in [1.54, 1.807) is 6.92 Å². The molecular weight excluding hydrogens is 362 g/mol. The Balaban J connectivity index is 1.97. The van der Waals surface area contributed by atoms with Crippen molar-refractivity contribution in [3.63, 3.8) is 0 Å². The molecule has 0 radical (unpaired) electrons. The van der Waals surface area contributed by atoms with Crippen molar-refractivity contribution in [2.75, 3.05) is 5.32 Å². The smallest absolute Gasteiger partial charge is 0.331 e. The molecule has 0 amide bonds. The molecule has 3 heterocycles. The van der Waals surface area contributed by atoms with Crippen molar-refractivity contribution in [2.45, 2.75) is 13.8 Å². The first-order chi connectivity index (χ1) is 12.9. The number of nitro groups is 2. The second-order valence-electron chi connectivity index (χ2n) is 5.60. The molecular formula is C13H9N9O5. The predicted molar refractivity (Wildman–Crippen MR) is 88.7 cm³/mol. The third kappa shape index (κ3) is 2.38. The zero-order valence-corrected chi connectivity index (χ0v) is 13.8. The molecule has 1 aromatic carbocycles. The average Bonchev–Trinajstić information content (AvgIpc) is 3.25. The fourth-order valence-electron chi connectivity index (χ4n) is 2.71. The summed E-state index contributed by atoms with van der Waals surface area (Å²) in [5.74, 6) is 0.0522. The van der Waals surface area contributed by atoms with E-state index in [4.69, 9.17) is 0 Å². The topological polar surface area (TPSA) is 180 Å². The van der Waals surface area contributed by atoms with Gasteiger partial charge in [-0.25, -0.2) is 9.61 Å². The van der Waals surface area contributed by atoms with Crippen LogP contribution >= 0.6 is 0 Å². The van der Waals surface area contributed by atoms with Crippen molar-refractivity contribution in [1.82, 2.24) is 29.9 Å². The maximum atomic E-state index is 11.6. The Hall–Kier alpha value is -4.23. The number of hydrogen-bond donors (Lipinski definition) is 1. The maximum Gasteiger partial charge on any atom is 0.369 e. The molecule has 4 aromatic rings. The predicted octanol–water partition coefficient (Wildman–Crippen LogP) is 1.84. The molecule has 0 bridgehead atoms. The summed E-state index contributed by atoms with van der Waals surface area (Å²) in [6.45, 7) is 3.06. The molecule has 0 aliphatic rings. The Morgan fingerprint density at radius 2 is 1.85 bits per heavy atom. The standard InChI is InChI=1S/C13H9N9O5/c1-5-3-7(9(22(25)26)8(6(5)2)21(23)24)15-10-12-17-14-4-20(12)13-11(16-10)18-27-19-13/h3-4H,1-2H3,(H,15,16,18). The van der Waals surface area contributed by atoms with Gasteiger partial charge >= 0.3 is 11.4 Å². The van der Waals surface area contributed by atoms with Crippen molar-refractivity contribution < 1.29 is 14.5 Å². The van der Waals surface area contributed by atoms with Gasteiger partial charge in [-0.05, 0) is 35.8 Å². The molecule has 4 rings (SSSR count). The number of benzene rings is 1. The van der Waals surface area contributed by atoms with Crippen LogP contribution in [-0.4, -0.2) is 39.7 Å². The van der Waals surface area contributed by atoms with Crippen LogP contribution in [0.2, 0.25) is 0 Å². The Morgan fingerprint density at radius 1 is 1.11 bits per heavy atom. The second kappa shape index (κ2) is 5.65. The van der Waals surface area contributed by atoms with E-state index in [1.807, 2.05) is 0 Å². The van der Waals surface area contributed by atoms with Crippen LogP contribution in [0.25, 0.3) is 16.9 Å². The van der Waals surface area contributed by atoms with Crippen LogP contribution in [0.4, 0.5) is 22.9 Å². The minimum Gasteiger partial charge on any atom is -0.331 e. The lowest BCUT2D eigenvalue weighted by Crippen LogP contribution is -2.06. The summed E-state index contributed by atoms with van der Waals surface area (Å²) in [7, 11) is 0. The summed E-state index contributed by atoms with van der Waals surface area (Å²) in [6.07, 6.45) is 1.34. The SMILES string of the molecule is Cc1cc(Nc2nc3nonc3n3cnnc23)c([N+](=O)[O-])c([N+](=O)[O-])c1C. The first-order valence-electron chi connectivity index (χ1n) is 7.40. The monoisotopic (exact) mass is 371 g/mol. The van der Waals surface area contributed by atoms with Crippen LogP contribution in [0.5, 0.6) is 0 Å². The molecule has 1 N–H and O–H groups in total. The van der Waals surface area contributed by atoms with Crippen LogP contribution in [0.1, 0.15) is 11.1 Å². The number of rotatable bonds is 4. The number of aryl methyl sites for hydroxylation is 1. The van der Waals surface area contributed by atoms with E-state index in [9.17, 15) is 20.2 Å². The van der Waals surface area contributed by atoms with Gasteiger partial charge in [-0.3, -0.25) is 24.6 Å². The van der Waals surface area contributed by atoms with E-state index < -0.39 is 21.2 Å². The molecule has 136 valence electrons. The number of nitrogens with one attached hydrogen (secondary N) is 1. The summed E-state index contributed by atoms with van der Waals surface area (Å²) in [6, 6.07) is 1.43. The number of anilines is 2. The Kier molecular flexibility index (Phi) is 3.40. The van der Waals surface area contributed by atoms with Crippen LogP contribution in [0, 0.1) is 34.1 Å². The van der Waals surface area contributed by atoms with E-state index >= 15 is 0 Å². The van der Waals surface area contributed by atoms with Crippen LogP contribution in [-0.2, 0) is 0 Å². The lowest BCUT2D eigenvalue weighted by molar-refractivity contribution is -0.422. The molecule has 0 saturated heterocycles. The number of aromatic nitrogens is 6. The normalized spacial score (nSPS) is 11.2. The van der Waals surface area contributed by atoms with Crippen LogP contribution < -0.4 is 5.32 Å². The van der Waals surface area contributed by atoms with E-state index in [-0.39, 0.29) is 34.0 Å². The van der Waals surface area contributed by atoms with Gasteiger partial charge in [-0.2, -0.15) is 0 Å². The molecule has 0 aliphatic heterocycles. The lowest BCUT2D eigenvalue weighted by Gasteiger charge is -2.10. The minimum atomic E-state index is -0.815. The highest BCUT2D eigenvalue weighted by Crippen LogP contribution is 2.40. The van der Waals surface area contributed by atoms with Crippen molar-refractivity contribution in [2.24, 2.45) is 0 Å². The van der Waals surface area contributed by atoms with Crippen LogP contribution in [0.3, 0.4) is 0 Å². The highest BCUT2D eigenvalue weighted by molar-refractivity contribution is 5.84. The van der Waals surface area contributed by atoms with Gasteiger partial charge in [0.15, 0.2) is 5.82 Å². The zero-order valence-electron chi connectivity index (χ0n) is 13.8. The summed E-state index contributed by atoms with van der Waals surface area (Å²) < 4.78 is 6.05. The molecule has 0 atom stereocenters. The Labute approximate surface area is 148 Å². The van der Waals surface area contributed by atoms with Crippen molar-refractivity contribution >= 4 is 39.8 Å². The third-order valence-electron chi connectivity index (χ3n) is 4.07. The zero-order chi connectivity index (χ0) is 19.3. The fraction of sp³-hybridized carbons (Fsp3) is 0.154. The van der Waals surface area contributed by atoms with Gasteiger partial charge in [0, 0.05) is 5.56 Å². The molecule has 0 spiro atoms. The van der Waals surface area contributed by atoms with Crippen molar-refractivity contribution in [3.05, 3.63) is 43.7 Å². The quantitative estimate of drug-likeness (QED) is 0.408. The van der Waals surface area contributed by atoms with Gasteiger partial charge in [-0.15, -0.1) is 10.2 Å². The number of hydrogen-bond acceptors (Lipinski definition) is 11. The van der Waals surface area contributed by atoms with E-state index in [1.165, 1.54) is 23.7 Å². The molecule has 14 nitrogen and oxygen atoms in total. The molecule has 0 saturated carbocycles. The van der Waals surface area contributed by atoms with Gasteiger partial charge in [-0.1, -0.05) is 0 Å². The molecule has 27 heavy (non-hydrogen) atoms. The van der Waals surface area contributed by atoms with E-state index in [0.717, 1.165) is 0 Å². The maximum absolute atomic E-state index is 11.6. The first kappa shape index (κ1) is 16.2. The highest BCUT2D eigenvalue weighted by Gasteiger charge is 2.33. The van der Waals surface area contributed by atoms with Crippen molar-refractivity contribution in [3.8, 4) is 0 Å². The largest absolute Gasteiger partial charge is 0.369 e. The Bertz CT molecular complexity index is 1240. The molecule has 0 unspecified atom stereocenters. The molecule has 3 aromatic heterocycles. The third-order valence-corrected chi connectivity index (χ3v) is 4.07. The van der Waals surface area contributed by atoms with Gasteiger partial charge < -0.3 is 5.32 Å². The molecule has 14 heteroatoms. The molecule has 0 fully saturated rings. The first-order valence-corrected chi connectivity index (χ1v) is 7.40. The average molecular weight is 371 g/mol. The lowest BCUT2D eigenvalue weighted by atomic mass is 10.0. The van der Waals surface area contributed by atoms with Crippen molar-refractivity contribution in [1.29, 1.82) is 0 Å². The van der Waals surface area contributed by atoms with Crippen LogP contribution in [0.15, 0.2) is 17.0 Å². The second-order valence-corrected chi connectivity index (χ2v) is 5.60. The fourth-order valence-corrected chi connectivity index (χ4v) is 2.71. The number of nitro benzene ring substituents is 2. The van der Waals surface area contributed by atoms with E-state index in [0.29, 0.717) is 5.56 Å². The summed E-state index contributed by atoms with van der Waals surface area (Å²) in [4.78, 5) is 25.5. The van der Waals surface area contributed by atoms with Gasteiger partial charge in [0.2, 0.25) is 16.9 Å². The summed E-state index contributed by atoms with van der Waals surface area (Å²) in [5, 5.41) is 40.7. The minimum absolute atomic E-state index is 0.0522. The highest BCUT2D eigenvalue weighted by atomic mass is 16.6. The molecule has 0 aliphatic carbocycles. The van der Waals surface area contributed by atoms with E-state index in [2.05, 4.69) is 35.4 Å². The van der Waals surface area contributed by atoms with Gasteiger partial charge in [0.25, 0.3) is 0 Å². The number of fused-ring (bicyclic) bond motifs is 3. The Morgan fingerprint density at radius 3 is 2.56 bits per heavy atom. The van der Waals surface area contributed by atoms with Gasteiger partial charge in [0.05, 0.1) is 9.85 Å². The summed E-state index contributed by atoms with van der Waals surface area (Å²) >= 11 is 0.